The molecule has 2 N–H and O–H groups in total. The number of aromatic nitrogens is 2. The van der Waals surface area contributed by atoms with Crippen LogP contribution in [-0.4, -0.2) is 15.6 Å². The molecule has 1 aromatic carbocycles. The molecule has 0 saturated heterocycles. The van der Waals surface area contributed by atoms with Crippen LogP contribution in [0.5, 0.6) is 0 Å². The van der Waals surface area contributed by atoms with Gasteiger partial charge in [0.2, 0.25) is 0 Å². The lowest BCUT2D eigenvalue weighted by Crippen LogP contribution is -2.25. The second-order valence-electron chi connectivity index (χ2n) is 5.21. The molecule has 2 rings (SSSR count). The fraction of sp³-hybridized carbons (Fsp3) is 0.500. The van der Waals surface area contributed by atoms with Crippen LogP contribution in [0.3, 0.4) is 0 Å². The number of benzene rings is 1. The van der Waals surface area contributed by atoms with Gasteiger partial charge in [-0.25, -0.2) is 9.37 Å². The summed E-state index contributed by atoms with van der Waals surface area (Å²) in [7, 11) is 0. The summed E-state index contributed by atoms with van der Waals surface area (Å²) in [4.78, 5) is 4.56. The number of rotatable bonds is 3. The molecule has 18 heavy (non-hydrogen) atoms. The lowest BCUT2D eigenvalue weighted by molar-refractivity contribution is 0.511. The summed E-state index contributed by atoms with van der Waals surface area (Å²) < 4.78 is 15.4. The molecule has 2 unspecified atom stereocenters. The van der Waals surface area contributed by atoms with Gasteiger partial charge < -0.3 is 10.3 Å². The summed E-state index contributed by atoms with van der Waals surface area (Å²) in [5, 5.41) is 0. The van der Waals surface area contributed by atoms with Gasteiger partial charge >= 0.3 is 0 Å². The van der Waals surface area contributed by atoms with Crippen LogP contribution in [0, 0.1) is 5.82 Å². The zero-order valence-corrected chi connectivity index (χ0v) is 11.3. The zero-order valence-electron chi connectivity index (χ0n) is 11.3. The molecular formula is C14H20FN3. The molecule has 0 aliphatic carbocycles. The average Bonchev–Trinajstić information content (AvgIpc) is 2.65. The Labute approximate surface area is 107 Å². The molecule has 0 amide bonds. The van der Waals surface area contributed by atoms with E-state index < -0.39 is 0 Å². The summed E-state index contributed by atoms with van der Waals surface area (Å²) in [6, 6.07) is 5.03. The third-order valence-electron chi connectivity index (χ3n) is 3.39. The average molecular weight is 249 g/mol. The fourth-order valence-electron chi connectivity index (χ4n) is 2.19. The highest BCUT2D eigenvalue weighted by Gasteiger charge is 2.21. The number of hydrogen-bond donors (Lipinski definition) is 1. The lowest BCUT2D eigenvalue weighted by atomic mass is 10.0. The van der Waals surface area contributed by atoms with Gasteiger partial charge in [-0.3, -0.25) is 0 Å². The van der Waals surface area contributed by atoms with Crippen molar-refractivity contribution in [2.75, 3.05) is 0 Å². The van der Waals surface area contributed by atoms with Crippen LogP contribution in [0.25, 0.3) is 11.0 Å². The fourth-order valence-corrected chi connectivity index (χ4v) is 2.19. The number of imidazole rings is 1. The van der Waals surface area contributed by atoms with Gasteiger partial charge in [-0.15, -0.1) is 0 Å². The second kappa shape index (κ2) is 4.69. The maximum atomic E-state index is 13.3. The zero-order chi connectivity index (χ0) is 13.4. The van der Waals surface area contributed by atoms with Crippen molar-refractivity contribution in [1.82, 2.24) is 9.55 Å². The first-order valence-electron chi connectivity index (χ1n) is 6.34. The predicted molar refractivity (Wildman–Crippen MR) is 72.1 cm³/mol. The molecule has 0 bridgehead atoms. The topological polar surface area (TPSA) is 43.8 Å². The molecule has 1 aromatic heterocycles. The molecule has 98 valence electrons. The van der Waals surface area contributed by atoms with Gasteiger partial charge in [0.15, 0.2) is 0 Å². The highest BCUT2D eigenvalue weighted by Crippen LogP contribution is 2.27. The lowest BCUT2D eigenvalue weighted by Gasteiger charge is -2.20. The van der Waals surface area contributed by atoms with Gasteiger partial charge in [-0.2, -0.15) is 0 Å². The van der Waals surface area contributed by atoms with Crippen molar-refractivity contribution in [3.63, 3.8) is 0 Å². The molecule has 0 aliphatic rings. The van der Waals surface area contributed by atoms with Gasteiger partial charge in [0.25, 0.3) is 0 Å². The van der Waals surface area contributed by atoms with Crippen molar-refractivity contribution in [3.8, 4) is 0 Å². The normalized spacial score (nSPS) is 15.3. The minimum absolute atomic E-state index is 0.0177. The molecule has 4 heteroatoms. The van der Waals surface area contributed by atoms with E-state index in [0.717, 1.165) is 11.3 Å². The smallest absolute Gasteiger partial charge is 0.125 e. The SMILES string of the molecule is CC(N)C(C)c1nc2cc(F)ccc2n1C(C)C. The van der Waals surface area contributed by atoms with E-state index in [-0.39, 0.29) is 23.8 Å². The van der Waals surface area contributed by atoms with Crippen molar-refractivity contribution in [2.24, 2.45) is 5.73 Å². The molecule has 3 nitrogen and oxygen atoms in total. The number of halogens is 1. The van der Waals surface area contributed by atoms with E-state index in [1.54, 1.807) is 6.07 Å². The third-order valence-corrected chi connectivity index (χ3v) is 3.39. The van der Waals surface area contributed by atoms with E-state index in [1.807, 2.05) is 6.92 Å². The Hall–Kier alpha value is -1.42. The molecule has 2 atom stereocenters. The summed E-state index contributed by atoms with van der Waals surface area (Å²) >= 11 is 0. The first-order chi connectivity index (χ1) is 8.41. The maximum Gasteiger partial charge on any atom is 0.125 e. The van der Waals surface area contributed by atoms with Gasteiger partial charge in [-0.05, 0) is 32.9 Å². The summed E-state index contributed by atoms with van der Waals surface area (Å²) in [5.74, 6) is 0.819. The van der Waals surface area contributed by atoms with Crippen molar-refractivity contribution in [2.45, 2.75) is 45.7 Å². The Bertz CT molecular complexity index is 557. The standard InChI is InChI=1S/C14H20FN3/c1-8(2)18-13-6-5-11(15)7-12(13)17-14(18)9(3)10(4)16/h5-10H,16H2,1-4H3. The van der Waals surface area contributed by atoms with E-state index >= 15 is 0 Å². The van der Waals surface area contributed by atoms with Gasteiger partial charge in [-0.1, -0.05) is 6.92 Å². The predicted octanol–water partition coefficient (Wildman–Crippen LogP) is 3.21. The van der Waals surface area contributed by atoms with Gasteiger partial charge in [0.1, 0.15) is 11.6 Å². The summed E-state index contributed by atoms with van der Waals surface area (Å²) in [6.07, 6.45) is 0. The first-order valence-corrected chi connectivity index (χ1v) is 6.34. The van der Waals surface area contributed by atoms with Crippen molar-refractivity contribution in [1.29, 1.82) is 0 Å². The Kier molecular flexibility index (Phi) is 3.39. The Morgan fingerprint density at radius 2 is 1.89 bits per heavy atom. The minimum atomic E-state index is -0.254. The first kappa shape index (κ1) is 13.0. The van der Waals surface area contributed by atoms with Crippen LogP contribution in [-0.2, 0) is 0 Å². The van der Waals surface area contributed by atoms with E-state index in [1.165, 1.54) is 12.1 Å². The van der Waals surface area contributed by atoms with Crippen LogP contribution < -0.4 is 5.73 Å². The molecule has 1 heterocycles. The third kappa shape index (κ3) is 2.12. The Balaban J connectivity index is 2.68. The summed E-state index contributed by atoms with van der Waals surface area (Å²) in [6.45, 7) is 8.22. The van der Waals surface area contributed by atoms with Crippen LogP contribution in [0.1, 0.15) is 45.5 Å². The van der Waals surface area contributed by atoms with E-state index in [2.05, 4.69) is 30.3 Å². The van der Waals surface area contributed by atoms with Crippen molar-refractivity contribution in [3.05, 3.63) is 29.8 Å². The number of nitrogens with zero attached hydrogens (tertiary/aromatic N) is 2. The maximum absolute atomic E-state index is 13.3. The highest BCUT2D eigenvalue weighted by atomic mass is 19.1. The Morgan fingerprint density at radius 1 is 1.22 bits per heavy atom. The van der Waals surface area contributed by atoms with Crippen LogP contribution in [0.4, 0.5) is 4.39 Å². The summed E-state index contributed by atoms with van der Waals surface area (Å²) in [5.41, 5.74) is 7.63. The molecule has 0 radical (unpaired) electrons. The largest absolute Gasteiger partial charge is 0.327 e. The van der Waals surface area contributed by atoms with E-state index in [4.69, 9.17) is 5.73 Å². The van der Waals surface area contributed by atoms with Crippen LogP contribution in [0.15, 0.2) is 18.2 Å². The molecule has 2 aromatic rings. The van der Waals surface area contributed by atoms with Crippen LogP contribution >= 0.6 is 0 Å². The van der Waals surface area contributed by atoms with Gasteiger partial charge in [0, 0.05) is 24.1 Å². The molecule has 0 saturated carbocycles. The van der Waals surface area contributed by atoms with E-state index in [9.17, 15) is 4.39 Å². The number of fused-ring (bicyclic) bond motifs is 1. The van der Waals surface area contributed by atoms with E-state index in [0.29, 0.717) is 5.52 Å². The highest BCUT2D eigenvalue weighted by molar-refractivity contribution is 5.76. The number of hydrogen-bond acceptors (Lipinski definition) is 2. The molecular weight excluding hydrogens is 229 g/mol. The molecule has 0 spiro atoms. The Morgan fingerprint density at radius 3 is 2.44 bits per heavy atom. The second-order valence-corrected chi connectivity index (χ2v) is 5.21. The quantitative estimate of drug-likeness (QED) is 0.907. The van der Waals surface area contributed by atoms with Gasteiger partial charge in [0.05, 0.1) is 11.0 Å². The van der Waals surface area contributed by atoms with Crippen LogP contribution in [0.2, 0.25) is 0 Å². The van der Waals surface area contributed by atoms with Crippen molar-refractivity contribution >= 4 is 11.0 Å². The monoisotopic (exact) mass is 249 g/mol. The molecule has 0 fully saturated rings. The minimum Gasteiger partial charge on any atom is -0.327 e. The van der Waals surface area contributed by atoms with Crippen molar-refractivity contribution < 1.29 is 4.39 Å². The number of nitrogens with two attached hydrogens (primary N) is 1. The molecule has 0 aliphatic heterocycles.